The number of halogens is 1. The smallest absolute Gasteiger partial charge is 0.122 e. The molecular weight excluding hydrogens is 282 g/mol. The SMILES string of the molecule is CCNCCOCCc1cc(Br)ccc1OC. The van der Waals surface area contributed by atoms with Crippen LogP contribution in [0.5, 0.6) is 5.75 Å². The average molecular weight is 302 g/mol. The molecule has 0 bridgehead atoms. The summed E-state index contributed by atoms with van der Waals surface area (Å²) >= 11 is 3.46. The standard InChI is InChI=1S/C13H20BrNO2/c1-3-15-7-9-17-8-6-11-10-12(14)4-5-13(11)16-2/h4-5,10,15H,3,6-9H2,1-2H3. The van der Waals surface area contributed by atoms with Crippen molar-refractivity contribution in [2.45, 2.75) is 13.3 Å². The average Bonchev–Trinajstić information content (AvgIpc) is 2.34. The fourth-order valence-electron chi connectivity index (χ4n) is 1.55. The number of hydrogen-bond donors (Lipinski definition) is 1. The van der Waals surface area contributed by atoms with Crippen LogP contribution in [0.25, 0.3) is 0 Å². The molecule has 0 saturated carbocycles. The predicted octanol–water partition coefficient (Wildman–Crippen LogP) is 2.63. The van der Waals surface area contributed by atoms with Gasteiger partial charge in [0.1, 0.15) is 5.75 Å². The Kier molecular flexibility index (Phi) is 7.24. The Labute approximate surface area is 112 Å². The van der Waals surface area contributed by atoms with Crippen LogP contribution in [0, 0.1) is 0 Å². The summed E-state index contributed by atoms with van der Waals surface area (Å²) in [5.74, 6) is 0.920. The molecule has 0 heterocycles. The summed E-state index contributed by atoms with van der Waals surface area (Å²) in [4.78, 5) is 0. The van der Waals surface area contributed by atoms with E-state index in [0.717, 1.165) is 42.9 Å². The minimum atomic E-state index is 0.720. The summed E-state index contributed by atoms with van der Waals surface area (Å²) in [5.41, 5.74) is 1.17. The van der Waals surface area contributed by atoms with Gasteiger partial charge in [0, 0.05) is 11.0 Å². The maximum absolute atomic E-state index is 5.55. The first-order chi connectivity index (χ1) is 8.27. The number of benzene rings is 1. The Morgan fingerprint density at radius 3 is 2.82 bits per heavy atom. The van der Waals surface area contributed by atoms with Crippen molar-refractivity contribution in [3.05, 3.63) is 28.2 Å². The maximum atomic E-state index is 5.55. The van der Waals surface area contributed by atoms with Crippen LogP contribution in [-0.2, 0) is 11.2 Å². The van der Waals surface area contributed by atoms with Crippen molar-refractivity contribution in [2.75, 3.05) is 33.4 Å². The fraction of sp³-hybridized carbons (Fsp3) is 0.538. The van der Waals surface area contributed by atoms with Crippen molar-refractivity contribution in [2.24, 2.45) is 0 Å². The molecule has 17 heavy (non-hydrogen) atoms. The first kappa shape index (κ1) is 14.5. The van der Waals surface area contributed by atoms with Gasteiger partial charge in [0.25, 0.3) is 0 Å². The predicted molar refractivity (Wildman–Crippen MR) is 73.8 cm³/mol. The molecule has 0 spiro atoms. The van der Waals surface area contributed by atoms with Crippen molar-refractivity contribution in [1.82, 2.24) is 5.32 Å². The molecule has 1 aromatic rings. The highest BCUT2D eigenvalue weighted by Crippen LogP contribution is 2.23. The summed E-state index contributed by atoms with van der Waals surface area (Å²) in [6.07, 6.45) is 0.870. The van der Waals surface area contributed by atoms with Crippen LogP contribution >= 0.6 is 15.9 Å². The largest absolute Gasteiger partial charge is 0.496 e. The van der Waals surface area contributed by atoms with Crippen molar-refractivity contribution in [3.63, 3.8) is 0 Å². The number of hydrogen-bond acceptors (Lipinski definition) is 3. The molecule has 1 N–H and O–H groups in total. The Bertz CT molecular complexity index is 331. The molecule has 0 radical (unpaired) electrons. The second-order valence-corrected chi connectivity index (χ2v) is 4.59. The van der Waals surface area contributed by atoms with Crippen LogP contribution in [0.2, 0.25) is 0 Å². The molecule has 0 aliphatic heterocycles. The monoisotopic (exact) mass is 301 g/mol. The Morgan fingerprint density at radius 1 is 1.29 bits per heavy atom. The molecule has 4 heteroatoms. The number of methoxy groups -OCH3 is 1. The van der Waals surface area contributed by atoms with Crippen molar-refractivity contribution < 1.29 is 9.47 Å². The zero-order chi connectivity index (χ0) is 12.5. The molecule has 0 atom stereocenters. The van der Waals surface area contributed by atoms with Gasteiger partial charge in [-0.2, -0.15) is 0 Å². The minimum Gasteiger partial charge on any atom is -0.496 e. The zero-order valence-corrected chi connectivity index (χ0v) is 12.0. The van der Waals surface area contributed by atoms with Crippen LogP contribution in [-0.4, -0.2) is 33.4 Å². The quantitative estimate of drug-likeness (QED) is 0.749. The summed E-state index contributed by atoms with van der Waals surface area (Å²) in [6.45, 7) is 5.46. The van der Waals surface area contributed by atoms with Gasteiger partial charge in [-0.1, -0.05) is 22.9 Å². The fourth-order valence-corrected chi connectivity index (χ4v) is 1.96. The van der Waals surface area contributed by atoms with E-state index in [1.165, 1.54) is 5.56 Å². The van der Waals surface area contributed by atoms with E-state index in [2.05, 4.69) is 34.2 Å². The van der Waals surface area contributed by atoms with Crippen LogP contribution < -0.4 is 10.1 Å². The molecule has 0 saturated heterocycles. The van der Waals surface area contributed by atoms with Gasteiger partial charge in [-0.05, 0) is 36.7 Å². The molecule has 3 nitrogen and oxygen atoms in total. The Morgan fingerprint density at radius 2 is 2.12 bits per heavy atom. The van der Waals surface area contributed by atoms with E-state index in [0.29, 0.717) is 0 Å². The zero-order valence-electron chi connectivity index (χ0n) is 10.5. The minimum absolute atomic E-state index is 0.720. The van der Waals surface area contributed by atoms with Gasteiger partial charge in [0.15, 0.2) is 0 Å². The van der Waals surface area contributed by atoms with E-state index < -0.39 is 0 Å². The summed E-state index contributed by atoms with van der Waals surface area (Å²) in [7, 11) is 1.69. The summed E-state index contributed by atoms with van der Waals surface area (Å²) in [5, 5.41) is 3.22. The van der Waals surface area contributed by atoms with Gasteiger partial charge in [-0.15, -0.1) is 0 Å². The van der Waals surface area contributed by atoms with E-state index in [1.54, 1.807) is 7.11 Å². The van der Waals surface area contributed by atoms with Gasteiger partial charge in [0.2, 0.25) is 0 Å². The van der Waals surface area contributed by atoms with Gasteiger partial charge < -0.3 is 14.8 Å². The number of nitrogens with one attached hydrogen (secondary N) is 1. The lowest BCUT2D eigenvalue weighted by atomic mass is 10.1. The molecule has 0 aliphatic rings. The Balaban J connectivity index is 2.32. The lowest BCUT2D eigenvalue weighted by Gasteiger charge is -2.09. The van der Waals surface area contributed by atoms with Crippen LogP contribution in [0.1, 0.15) is 12.5 Å². The molecule has 0 fully saturated rings. The maximum Gasteiger partial charge on any atom is 0.122 e. The lowest BCUT2D eigenvalue weighted by molar-refractivity contribution is 0.139. The van der Waals surface area contributed by atoms with Gasteiger partial charge in [-0.25, -0.2) is 0 Å². The van der Waals surface area contributed by atoms with Crippen LogP contribution in [0.15, 0.2) is 22.7 Å². The first-order valence-corrected chi connectivity index (χ1v) is 6.68. The number of ether oxygens (including phenoxy) is 2. The van der Waals surface area contributed by atoms with E-state index >= 15 is 0 Å². The van der Waals surface area contributed by atoms with Crippen LogP contribution in [0.4, 0.5) is 0 Å². The Hall–Kier alpha value is -0.580. The van der Waals surface area contributed by atoms with Crippen molar-refractivity contribution in [1.29, 1.82) is 0 Å². The van der Waals surface area contributed by atoms with Crippen molar-refractivity contribution in [3.8, 4) is 5.75 Å². The van der Waals surface area contributed by atoms with Crippen molar-refractivity contribution >= 4 is 15.9 Å². The molecule has 1 aromatic carbocycles. The van der Waals surface area contributed by atoms with Gasteiger partial charge >= 0.3 is 0 Å². The highest BCUT2D eigenvalue weighted by molar-refractivity contribution is 9.10. The third kappa shape index (κ3) is 5.52. The normalized spacial score (nSPS) is 10.5. The van der Waals surface area contributed by atoms with E-state index in [1.807, 2.05) is 12.1 Å². The molecule has 0 unspecified atom stereocenters. The third-order valence-electron chi connectivity index (χ3n) is 2.43. The number of rotatable bonds is 8. The van der Waals surface area contributed by atoms with E-state index in [-0.39, 0.29) is 0 Å². The summed E-state index contributed by atoms with van der Waals surface area (Å²) in [6, 6.07) is 6.03. The summed E-state index contributed by atoms with van der Waals surface area (Å²) < 4.78 is 11.9. The van der Waals surface area contributed by atoms with Crippen LogP contribution in [0.3, 0.4) is 0 Å². The third-order valence-corrected chi connectivity index (χ3v) is 2.92. The number of likely N-dealkylation sites (N-methyl/N-ethyl adjacent to an activating group) is 1. The van der Waals surface area contributed by atoms with Gasteiger partial charge in [-0.3, -0.25) is 0 Å². The highest BCUT2D eigenvalue weighted by atomic mass is 79.9. The second kappa shape index (κ2) is 8.50. The van der Waals surface area contributed by atoms with Gasteiger partial charge in [0.05, 0.1) is 20.3 Å². The highest BCUT2D eigenvalue weighted by Gasteiger charge is 2.03. The molecule has 96 valence electrons. The molecule has 0 aromatic heterocycles. The van der Waals surface area contributed by atoms with E-state index in [9.17, 15) is 0 Å². The molecule has 0 aliphatic carbocycles. The molecular formula is C13H20BrNO2. The molecule has 1 rings (SSSR count). The topological polar surface area (TPSA) is 30.5 Å². The molecule has 0 amide bonds. The van der Waals surface area contributed by atoms with E-state index in [4.69, 9.17) is 9.47 Å². The first-order valence-electron chi connectivity index (χ1n) is 5.88. The second-order valence-electron chi connectivity index (χ2n) is 3.67. The lowest BCUT2D eigenvalue weighted by Crippen LogP contribution is -2.19.